The number of carbonyl (C=O) groups excluding carboxylic acids is 1. The number of nitrogens with zero attached hydrogens (tertiary/aromatic N) is 2. The lowest BCUT2D eigenvalue weighted by Crippen LogP contribution is -2.40. The van der Waals surface area contributed by atoms with E-state index in [0.717, 1.165) is 0 Å². The molecule has 0 aromatic rings. The lowest BCUT2D eigenvalue weighted by atomic mass is 10.1. The molecule has 1 atom stereocenters. The fourth-order valence-corrected chi connectivity index (χ4v) is 1.41. The van der Waals surface area contributed by atoms with Crippen LogP contribution in [0.4, 0.5) is 9.18 Å². The number of carbonyl (C=O) groups is 1. The van der Waals surface area contributed by atoms with Crippen LogP contribution in [-0.2, 0) is 0 Å². The molecule has 1 heterocycles. The van der Waals surface area contributed by atoms with Crippen molar-refractivity contribution < 1.29 is 14.3 Å². The van der Waals surface area contributed by atoms with E-state index >= 15 is 0 Å². The lowest BCUT2D eigenvalue weighted by Gasteiger charge is -2.22. The zero-order valence-corrected chi connectivity index (χ0v) is 7.96. The number of alkyl halides is 1. The molecule has 1 N–H and O–H groups in total. The quantitative estimate of drug-likeness (QED) is 0.636. The van der Waals surface area contributed by atoms with Crippen LogP contribution >= 0.6 is 0 Å². The van der Waals surface area contributed by atoms with E-state index in [2.05, 4.69) is 0 Å². The minimum atomic E-state index is -1.59. The number of amides is 2. The first-order valence-electron chi connectivity index (χ1n) is 4.24. The molecule has 4 nitrogen and oxygen atoms in total. The summed E-state index contributed by atoms with van der Waals surface area (Å²) in [6, 6.07) is -0.201. The molecule has 1 rings (SSSR count). The minimum absolute atomic E-state index is 0.000509. The Morgan fingerprint density at radius 1 is 1.69 bits per heavy atom. The van der Waals surface area contributed by atoms with Gasteiger partial charge in [0.2, 0.25) is 0 Å². The van der Waals surface area contributed by atoms with Crippen molar-refractivity contribution in [3.63, 3.8) is 0 Å². The predicted molar refractivity (Wildman–Crippen MR) is 46.2 cm³/mol. The normalized spacial score (nSPS) is 27.8. The van der Waals surface area contributed by atoms with Crippen molar-refractivity contribution in [1.29, 1.82) is 0 Å². The van der Waals surface area contributed by atoms with Gasteiger partial charge in [-0.05, 0) is 0 Å². The number of aliphatic hydroxyl groups is 1. The Bertz CT molecular complexity index is 210. The van der Waals surface area contributed by atoms with E-state index in [1.807, 2.05) is 0 Å². The molecule has 1 saturated heterocycles. The Morgan fingerprint density at radius 3 is 2.69 bits per heavy atom. The second kappa shape index (κ2) is 3.49. The molecule has 76 valence electrons. The Labute approximate surface area is 76.9 Å². The average molecular weight is 190 g/mol. The van der Waals surface area contributed by atoms with Crippen LogP contribution in [0.25, 0.3) is 0 Å². The molecule has 0 spiro atoms. The van der Waals surface area contributed by atoms with Gasteiger partial charge in [0.05, 0.1) is 13.2 Å². The first-order valence-corrected chi connectivity index (χ1v) is 4.24. The average Bonchev–Trinajstić information content (AvgIpc) is 2.47. The van der Waals surface area contributed by atoms with Crippen LogP contribution in [0.1, 0.15) is 6.42 Å². The fourth-order valence-electron chi connectivity index (χ4n) is 1.41. The van der Waals surface area contributed by atoms with E-state index in [9.17, 15) is 9.18 Å². The number of hydrogen-bond acceptors (Lipinski definition) is 2. The highest BCUT2D eigenvalue weighted by Crippen LogP contribution is 2.25. The molecule has 1 fully saturated rings. The minimum Gasteiger partial charge on any atom is -0.393 e. The van der Waals surface area contributed by atoms with E-state index in [1.165, 1.54) is 9.80 Å². The Morgan fingerprint density at radius 2 is 2.31 bits per heavy atom. The van der Waals surface area contributed by atoms with Crippen molar-refractivity contribution in [2.24, 2.45) is 0 Å². The molecule has 0 saturated carbocycles. The maximum Gasteiger partial charge on any atom is 0.319 e. The van der Waals surface area contributed by atoms with Crippen LogP contribution in [0.2, 0.25) is 0 Å². The van der Waals surface area contributed by atoms with Gasteiger partial charge >= 0.3 is 6.03 Å². The van der Waals surface area contributed by atoms with Gasteiger partial charge in [-0.1, -0.05) is 0 Å². The fraction of sp³-hybridized carbons (Fsp3) is 0.875. The highest BCUT2D eigenvalue weighted by molar-refractivity contribution is 5.74. The molecule has 0 bridgehead atoms. The molecule has 0 radical (unpaired) electrons. The number of rotatable bonds is 1. The summed E-state index contributed by atoms with van der Waals surface area (Å²) >= 11 is 0. The maximum absolute atomic E-state index is 13.5. The van der Waals surface area contributed by atoms with Gasteiger partial charge in [-0.15, -0.1) is 0 Å². The highest BCUT2D eigenvalue weighted by atomic mass is 19.1. The number of halogens is 1. The van der Waals surface area contributed by atoms with E-state index in [-0.39, 0.29) is 19.0 Å². The lowest BCUT2D eigenvalue weighted by molar-refractivity contribution is 0.0788. The van der Waals surface area contributed by atoms with E-state index in [1.54, 1.807) is 14.1 Å². The van der Waals surface area contributed by atoms with Crippen molar-refractivity contribution in [1.82, 2.24) is 9.80 Å². The molecule has 0 aromatic heterocycles. The largest absolute Gasteiger partial charge is 0.393 e. The molecule has 13 heavy (non-hydrogen) atoms. The molecule has 1 unspecified atom stereocenters. The summed E-state index contributed by atoms with van der Waals surface area (Å²) in [4.78, 5) is 14.2. The highest BCUT2D eigenvalue weighted by Gasteiger charge is 2.40. The molecule has 0 aliphatic carbocycles. The molecule has 1 aliphatic rings. The zero-order chi connectivity index (χ0) is 10.1. The summed E-state index contributed by atoms with van der Waals surface area (Å²) in [5.41, 5.74) is -1.59. The molecular weight excluding hydrogens is 175 g/mol. The van der Waals surface area contributed by atoms with Gasteiger partial charge in [0.15, 0.2) is 5.67 Å². The van der Waals surface area contributed by atoms with E-state index in [4.69, 9.17) is 5.11 Å². The van der Waals surface area contributed by atoms with Gasteiger partial charge in [0, 0.05) is 27.1 Å². The topological polar surface area (TPSA) is 43.8 Å². The maximum atomic E-state index is 13.5. The Balaban J connectivity index is 2.55. The van der Waals surface area contributed by atoms with Crippen molar-refractivity contribution in [2.75, 3.05) is 33.8 Å². The van der Waals surface area contributed by atoms with Crippen LogP contribution in [0.3, 0.4) is 0 Å². The first-order chi connectivity index (χ1) is 5.98. The SMILES string of the molecule is CN(C)C(=O)N1CCC(F)(CO)C1. The molecule has 5 heteroatoms. The number of aliphatic hydroxyl groups excluding tert-OH is 1. The standard InChI is InChI=1S/C8H15FN2O2/c1-10(2)7(13)11-4-3-8(9,5-11)6-12/h12H,3-6H2,1-2H3. The van der Waals surface area contributed by atoms with Gasteiger partial charge in [-0.3, -0.25) is 0 Å². The third kappa shape index (κ3) is 2.09. The molecule has 1 aliphatic heterocycles. The summed E-state index contributed by atoms with van der Waals surface area (Å²) in [5.74, 6) is 0. The third-order valence-corrected chi connectivity index (χ3v) is 2.24. The summed E-state index contributed by atoms with van der Waals surface area (Å²) in [5, 5.41) is 8.74. The van der Waals surface area contributed by atoms with Gasteiger partial charge in [0.25, 0.3) is 0 Å². The van der Waals surface area contributed by atoms with Crippen LogP contribution in [0.5, 0.6) is 0 Å². The first kappa shape index (κ1) is 10.2. The monoisotopic (exact) mass is 190 g/mol. The van der Waals surface area contributed by atoms with Crippen LogP contribution in [0, 0.1) is 0 Å². The van der Waals surface area contributed by atoms with Gasteiger partial charge in [0.1, 0.15) is 0 Å². The predicted octanol–water partition coefficient (Wildman–Crippen LogP) is 0.0743. The van der Waals surface area contributed by atoms with Crippen molar-refractivity contribution in [3.8, 4) is 0 Å². The number of likely N-dealkylation sites (tertiary alicyclic amines) is 1. The Hall–Kier alpha value is -0.840. The van der Waals surface area contributed by atoms with E-state index < -0.39 is 12.3 Å². The van der Waals surface area contributed by atoms with Gasteiger partial charge in [-0.2, -0.15) is 0 Å². The van der Waals surface area contributed by atoms with Gasteiger partial charge < -0.3 is 14.9 Å². The summed E-state index contributed by atoms with van der Waals surface area (Å²) in [6.45, 7) is -0.126. The third-order valence-electron chi connectivity index (χ3n) is 2.24. The second-order valence-electron chi connectivity index (χ2n) is 3.66. The van der Waals surface area contributed by atoms with Crippen molar-refractivity contribution in [3.05, 3.63) is 0 Å². The molecular formula is C8H15FN2O2. The van der Waals surface area contributed by atoms with Gasteiger partial charge in [-0.25, -0.2) is 9.18 Å². The van der Waals surface area contributed by atoms with Crippen molar-refractivity contribution in [2.45, 2.75) is 12.1 Å². The van der Waals surface area contributed by atoms with Crippen LogP contribution in [0.15, 0.2) is 0 Å². The number of urea groups is 1. The summed E-state index contributed by atoms with van der Waals surface area (Å²) < 4.78 is 13.5. The zero-order valence-electron chi connectivity index (χ0n) is 7.96. The van der Waals surface area contributed by atoms with Crippen LogP contribution < -0.4 is 0 Å². The number of hydrogen-bond donors (Lipinski definition) is 1. The summed E-state index contributed by atoms with van der Waals surface area (Å²) in [6.07, 6.45) is 0.225. The van der Waals surface area contributed by atoms with Crippen molar-refractivity contribution >= 4 is 6.03 Å². The summed E-state index contributed by atoms with van der Waals surface area (Å²) in [7, 11) is 3.25. The molecule has 0 aromatic carbocycles. The van der Waals surface area contributed by atoms with E-state index in [0.29, 0.717) is 6.54 Å². The second-order valence-corrected chi connectivity index (χ2v) is 3.66. The Kier molecular flexibility index (Phi) is 2.75. The molecule has 2 amide bonds. The van der Waals surface area contributed by atoms with Crippen LogP contribution in [-0.4, -0.2) is 60.4 Å². The smallest absolute Gasteiger partial charge is 0.319 e.